The molecule has 1 aliphatic rings. The lowest BCUT2D eigenvalue weighted by Gasteiger charge is -2.07. The summed E-state index contributed by atoms with van der Waals surface area (Å²) in [7, 11) is 0. The number of rotatable bonds is 9. The maximum absolute atomic E-state index is 5.53. The fourth-order valence-corrected chi connectivity index (χ4v) is 1.63. The van der Waals surface area contributed by atoms with Crippen molar-refractivity contribution >= 4 is 0 Å². The van der Waals surface area contributed by atoms with Crippen LogP contribution in [0.25, 0.3) is 0 Å². The molecule has 0 spiro atoms. The van der Waals surface area contributed by atoms with Gasteiger partial charge in [0.25, 0.3) is 0 Å². The molecule has 0 radical (unpaired) electrons. The van der Waals surface area contributed by atoms with Crippen molar-refractivity contribution in [3.05, 3.63) is 12.2 Å². The van der Waals surface area contributed by atoms with Gasteiger partial charge in [-0.15, -0.1) is 0 Å². The van der Waals surface area contributed by atoms with E-state index in [1.807, 2.05) is 4.68 Å². The van der Waals surface area contributed by atoms with Crippen molar-refractivity contribution in [1.82, 2.24) is 20.1 Å². The van der Waals surface area contributed by atoms with Gasteiger partial charge in [-0.25, -0.2) is 9.67 Å². The van der Waals surface area contributed by atoms with Gasteiger partial charge in [0.15, 0.2) is 0 Å². The third kappa shape index (κ3) is 4.44. The lowest BCUT2D eigenvalue weighted by atomic mass is 10.4. The summed E-state index contributed by atoms with van der Waals surface area (Å²) in [5.41, 5.74) is 0. The second kappa shape index (κ2) is 6.71. The van der Waals surface area contributed by atoms with Crippen LogP contribution in [-0.4, -0.2) is 34.0 Å². The summed E-state index contributed by atoms with van der Waals surface area (Å²) < 4.78 is 7.46. The molecule has 1 N–H and O–H groups in total. The Labute approximate surface area is 103 Å². The molecular formula is C12H22N4O. The van der Waals surface area contributed by atoms with Crippen LogP contribution in [0, 0.1) is 0 Å². The van der Waals surface area contributed by atoms with Crippen molar-refractivity contribution in [2.45, 2.75) is 51.7 Å². The zero-order valence-electron chi connectivity index (χ0n) is 10.6. The first kappa shape index (κ1) is 12.5. The van der Waals surface area contributed by atoms with Crippen molar-refractivity contribution in [2.75, 3.05) is 13.2 Å². The summed E-state index contributed by atoms with van der Waals surface area (Å²) in [6, 6.07) is 0.709. The monoisotopic (exact) mass is 238 g/mol. The van der Waals surface area contributed by atoms with Gasteiger partial charge in [-0.2, -0.15) is 5.10 Å². The summed E-state index contributed by atoms with van der Waals surface area (Å²) >= 11 is 0. The highest BCUT2D eigenvalue weighted by atomic mass is 16.5. The van der Waals surface area contributed by atoms with Crippen molar-refractivity contribution in [3.63, 3.8) is 0 Å². The highest BCUT2D eigenvalue weighted by Gasteiger charge is 2.20. The summed E-state index contributed by atoms with van der Waals surface area (Å²) in [6.45, 7) is 5.36. The molecule has 0 aliphatic heterocycles. The Hall–Kier alpha value is -0.940. The molecule has 0 saturated heterocycles. The van der Waals surface area contributed by atoms with Gasteiger partial charge in [0.1, 0.15) is 12.2 Å². The van der Waals surface area contributed by atoms with Crippen LogP contribution in [0.15, 0.2) is 6.33 Å². The first-order valence-corrected chi connectivity index (χ1v) is 6.58. The maximum atomic E-state index is 5.53. The number of nitrogens with zero attached hydrogens (tertiary/aromatic N) is 3. The average Bonchev–Trinajstić information content (AvgIpc) is 3.06. The van der Waals surface area contributed by atoms with Crippen LogP contribution in [0.2, 0.25) is 0 Å². The number of nitrogens with one attached hydrogen (secondary N) is 1. The van der Waals surface area contributed by atoms with Crippen LogP contribution in [0.5, 0.6) is 0 Å². The van der Waals surface area contributed by atoms with E-state index in [4.69, 9.17) is 4.74 Å². The van der Waals surface area contributed by atoms with Gasteiger partial charge in [-0.3, -0.25) is 0 Å². The quantitative estimate of drug-likeness (QED) is 0.660. The van der Waals surface area contributed by atoms with Gasteiger partial charge in [-0.1, -0.05) is 13.3 Å². The van der Waals surface area contributed by atoms with Gasteiger partial charge >= 0.3 is 0 Å². The SMILES string of the molecule is CCCCOCCn1ncnc1CNC1CC1. The smallest absolute Gasteiger partial charge is 0.140 e. The summed E-state index contributed by atoms with van der Waals surface area (Å²) in [5.74, 6) is 1.01. The topological polar surface area (TPSA) is 52.0 Å². The Morgan fingerprint density at radius 1 is 1.47 bits per heavy atom. The van der Waals surface area contributed by atoms with Crippen LogP contribution < -0.4 is 5.32 Å². The Bertz CT molecular complexity index is 322. The number of ether oxygens (including phenoxy) is 1. The number of hydrogen-bond acceptors (Lipinski definition) is 4. The molecule has 0 aromatic carbocycles. The third-order valence-electron chi connectivity index (χ3n) is 2.91. The molecule has 1 heterocycles. The van der Waals surface area contributed by atoms with E-state index in [9.17, 15) is 0 Å². The van der Waals surface area contributed by atoms with Crippen LogP contribution >= 0.6 is 0 Å². The van der Waals surface area contributed by atoms with E-state index in [0.717, 1.165) is 38.5 Å². The fourth-order valence-electron chi connectivity index (χ4n) is 1.63. The van der Waals surface area contributed by atoms with E-state index >= 15 is 0 Å². The number of aromatic nitrogens is 3. The second-order valence-corrected chi connectivity index (χ2v) is 4.52. The minimum Gasteiger partial charge on any atom is -0.380 e. The number of hydrogen-bond donors (Lipinski definition) is 1. The maximum Gasteiger partial charge on any atom is 0.140 e. The molecule has 1 saturated carbocycles. The molecule has 1 fully saturated rings. The van der Waals surface area contributed by atoms with Crippen LogP contribution in [0.3, 0.4) is 0 Å². The van der Waals surface area contributed by atoms with E-state index in [-0.39, 0.29) is 0 Å². The van der Waals surface area contributed by atoms with E-state index in [1.165, 1.54) is 19.3 Å². The molecule has 0 amide bonds. The Morgan fingerprint density at radius 3 is 3.12 bits per heavy atom. The van der Waals surface area contributed by atoms with Crippen LogP contribution in [-0.2, 0) is 17.8 Å². The Morgan fingerprint density at radius 2 is 2.35 bits per heavy atom. The highest BCUT2D eigenvalue weighted by Crippen LogP contribution is 2.18. The molecule has 1 aromatic rings. The first-order valence-electron chi connectivity index (χ1n) is 6.58. The van der Waals surface area contributed by atoms with Gasteiger partial charge in [0, 0.05) is 12.6 Å². The highest BCUT2D eigenvalue weighted by molar-refractivity contribution is 4.88. The molecule has 5 nitrogen and oxygen atoms in total. The van der Waals surface area contributed by atoms with Gasteiger partial charge in [-0.05, 0) is 19.3 Å². The van der Waals surface area contributed by atoms with Crippen molar-refractivity contribution < 1.29 is 4.74 Å². The molecule has 17 heavy (non-hydrogen) atoms. The first-order chi connectivity index (χ1) is 8.40. The third-order valence-corrected chi connectivity index (χ3v) is 2.91. The molecular weight excluding hydrogens is 216 g/mol. The van der Waals surface area contributed by atoms with Crippen molar-refractivity contribution in [2.24, 2.45) is 0 Å². The fraction of sp³-hybridized carbons (Fsp3) is 0.833. The van der Waals surface area contributed by atoms with E-state index in [0.29, 0.717) is 6.04 Å². The molecule has 2 rings (SSSR count). The normalized spacial score (nSPS) is 15.4. The van der Waals surface area contributed by atoms with Gasteiger partial charge < -0.3 is 10.1 Å². The molecule has 0 unspecified atom stereocenters. The van der Waals surface area contributed by atoms with E-state index in [1.54, 1.807) is 6.33 Å². The molecule has 96 valence electrons. The summed E-state index contributed by atoms with van der Waals surface area (Å²) in [6.07, 6.45) is 6.53. The zero-order valence-corrected chi connectivity index (χ0v) is 10.6. The average molecular weight is 238 g/mol. The minimum atomic E-state index is 0.709. The minimum absolute atomic E-state index is 0.709. The predicted octanol–water partition coefficient (Wildman–Crippen LogP) is 1.35. The van der Waals surface area contributed by atoms with E-state index in [2.05, 4.69) is 22.3 Å². The molecule has 0 bridgehead atoms. The van der Waals surface area contributed by atoms with Crippen LogP contribution in [0.4, 0.5) is 0 Å². The molecule has 1 aliphatic carbocycles. The predicted molar refractivity (Wildman–Crippen MR) is 65.6 cm³/mol. The van der Waals surface area contributed by atoms with E-state index < -0.39 is 0 Å². The zero-order chi connectivity index (χ0) is 11.9. The molecule has 1 aromatic heterocycles. The number of unbranched alkanes of at least 4 members (excludes halogenated alkanes) is 1. The summed E-state index contributed by atoms with van der Waals surface area (Å²) in [4.78, 5) is 4.26. The van der Waals surface area contributed by atoms with Crippen molar-refractivity contribution in [1.29, 1.82) is 0 Å². The Kier molecular flexibility index (Phi) is 4.94. The van der Waals surface area contributed by atoms with Gasteiger partial charge in [0.05, 0.1) is 19.7 Å². The lowest BCUT2D eigenvalue weighted by molar-refractivity contribution is 0.120. The Balaban J connectivity index is 1.66. The lowest BCUT2D eigenvalue weighted by Crippen LogP contribution is -2.20. The van der Waals surface area contributed by atoms with Crippen LogP contribution in [0.1, 0.15) is 38.4 Å². The van der Waals surface area contributed by atoms with Gasteiger partial charge in [0.2, 0.25) is 0 Å². The summed E-state index contributed by atoms with van der Waals surface area (Å²) in [5, 5.41) is 7.66. The molecule has 0 atom stereocenters. The largest absolute Gasteiger partial charge is 0.380 e. The standard InChI is InChI=1S/C12H22N4O/c1-2-3-7-17-8-6-16-12(14-10-15-16)9-13-11-4-5-11/h10-11,13H,2-9H2,1H3. The molecule has 5 heteroatoms. The second-order valence-electron chi connectivity index (χ2n) is 4.52. The van der Waals surface area contributed by atoms with Crippen molar-refractivity contribution in [3.8, 4) is 0 Å².